The highest BCUT2D eigenvalue weighted by molar-refractivity contribution is 6.74. The van der Waals surface area contributed by atoms with Gasteiger partial charge in [-0.2, -0.15) is 0 Å². The number of hydrogen-bond donors (Lipinski definition) is 3. The van der Waals surface area contributed by atoms with Crippen molar-refractivity contribution in [2.75, 3.05) is 20.3 Å². The zero-order chi connectivity index (χ0) is 32.8. The molecule has 1 fully saturated rings. The minimum atomic E-state index is -3.13. The van der Waals surface area contributed by atoms with Crippen molar-refractivity contribution < 1.29 is 45.2 Å². The van der Waals surface area contributed by atoms with Gasteiger partial charge in [0, 0.05) is 21.8 Å². The van der Waals surface area contributed by atoms with Crippen LogP contribution in [0.4, 0.5) is 4.39 Å². The van der Waals surface area contributed by atoms with Crippen molar-refractivity contribution in [3.05, 3.63) is 63.9 Å². The highest BCUT2D eigenvalue weighted by Crippen LogP contribution is 2.42. The number of hydrogen-bond acceptors (Lipinski definition) is 7. The van der Waals surface area contributed by atoms with Gasteiger partial charge in [0.15, 0.2) is 19.9 Å². The summed E-state index contributed by atoms with van der Waals surface area (Å²) in [6.07, 6.45) is -5.79. The summed E-state index contributed by atoms with van der Waals surface area (Å²) in [7, 11) is -0.975. The first kappa shape index (κ1) is 24.3. The molecule has 38 heavy (non-hydrogen) atoms. The first-order chi connectivity index (χ1) is 19.6. The molecule has 3 N–H and O–H groups in total. The molecule has 2 aromatic rings. The minimum absolute atomic E-state index is 0.0552. The van der Waals surface area contributed by atoms with Crippen molar-refractivity contribution >= 4 is 19.9 Å². The second-order valence-corrected chi connectivity index (χ2v) is 16.2. The minimum Gasteiger partial charge on any atom is -0.491 e. The van der Waals surface area contributed by atoms with Crippen molar-refractivity contribution in [2.24, 2.45) is 0 Å². The quantitative estimate of drug-likeness (QED) is 0.371. The van der Waals surface area contributed by atoms with Gasteiger partial charge in [0.1, 0.15) is 24.4 Å². The van der Waals surface area contributed by atoms with Crippen LogP contribution in [0.1, 0.15) is 51.2 Å². The molecule has 1 heterocycles. The largest absolute Gasteiger partial charge is 0.491 e. The van der Waals surface area contributed by atoms with E-state index in [9.17, 15) is 19.7 Å². The SMILES string of the molecule is [2H]C([2H])([2H])C([2H])([2H])Oc1ccc(Cc2cc([C@]3(OC)O[C@H](CO[Si](C)(C)C(C)(C)C)[C@@H](O)[C@H](O)[C@H]3O)ccc2Cl)cc1F. The molecule has 7 nitrogen and oxygen atoms in total. The number of benzene rings is 2. The predicted molar refractivity (Wildman–Crippen MR) is 147 cm³/mol. The van der Waals surface area contributed by atoms with Crippen LogP contribution >= 0.6 is 11.6 Å². The number of methoxy groups -OCH3 is 1. The topological polar surface area (TPSA) is 97.6 Å². The lowest BCUT2D eigenvalue weighted by molar-refractivity contribution is -0.365. The molecule has 0 amide bonds. The molecule has 0 unspecified atom stereocenters. The third kappa shape index (κ3) is 6.26. The molecular formula is C28H40ClFO7Si. The fraction of sp³-hybridized carbons (Fsp3) is 0.571. The average molecular weight is 576 g/mol. The summed E-state index contributed by atoms with van der Waals surface area (Å²) < 4.78 is 74.7. The van der Waals surface area contributed by atoms with Crippen molar-refractivity contribution in [1.29, 1.82) is 0 Å². The predicted octanol–water partition coefficient (Wildman–Crippen LogP) is 4.77. The summed E-state index contributed by atoms with van der Waals surface area (Å²) in [5.74, 6) is -3.46. The Labute approximate surface area is 237 Å². The Morgan fingerprint density at radius 1 is 1.16 bits per heavy atom. The molecule has 212 valence electrons. The monoisotopic (exact) mass is 575 g/mol. The lowest BCUT2D eigenvalue weighted by Gasteiger charge is -2.49. The molecule has 0 radical (unpaired) electrons. The molecule has 2 aromatic carbocycles. The van der Waals surface area contributed by atoms with E-state index in [4.69, 9.17) is 37.1 Å². The Bertz CT molecular complexity index is 1290. The Morgan fingerprint density at radius 3 is 2.47 bits per heavy atom. The van der Waals surface area contributed by atoms with E-state index in [0.29, 0.717) is 11.1 Å². The molecule has 1 saturated heterocycles. The van der Waals surface area contributed by atoms with Gasteiger partial charge in [-0.25, -0.2) is 4.39 Å². The molecule has 1 aliphatic rings. The van der Waals surface area contributed by atoms with E-state index in [-0.39, 0.29) is 28.7 Å². The van der Waals surface area contributed by atoms with Crippen molar-refractivity contribution in [3.63, 3.8) is 0 Å². The lowest BCUT2D eigenvalue weighted by atomic mass is 9.87. The van der Waals surface area contributed by atoms with Gasteiger partial charge < -0.3 is 34.0 Å². The Balaban J connectivity index is 1.91. The summed E-state index contributed by atoms with van der Waals surface area (Å²) in [4.78, 5) is 0. The van der Waals surface area contributed by atoms with E-state index >= 15 is 0 Å². The van der Waals surface area contributed by atoms with E-state index in [0.717, 1.165) is 12.1 Å². The average Bonchev–Trinajstić information content (AvgIpc) is 2.89. The van der Waals surface area contributed by atoms with Gasteiger partial charge in [-0.1, -0.05) is 44.5 Å². The first-order valence-electron chi connectivity index (χ1n) is 14.7. The maximum atomic E-state index is 14.8. The van der Waals surface area contributed by atoms with Gasteiger partial charge in [0.2, 0.25) is 5.79 Å². The molecule has 10 heteroatoms. The van der Waals surface area contributed by atoms with Gasteiger partial charge in [-0.05, 0) is 66.8 Å². The summed E-state index contributed by atoms with van der Waals surface area (Å²) in [5, 5.41) is 32.9. The normalized spacial score (nSPS) is 29.1. The van der Waals surface area contributed by atoms with Crippen LogP contribution in [0, 0.1) is 5.82 Å². The third-order valence-corrected chi connectivity index (χ3v) is 12.4. The Kier molecular flexibility index (Phi) is 7.59. The van der Waals surface area contributed by atoms with Gasteiger partial charge in [0.05, 0.1) is 15.9 Å². The van der Waals surface area contributed by atoms with E-state index in [1.807, 2.05) is 13.1 Å². The highest BCUT2D eigenvalue weighted by atomic mass is 35.5. The van der Waals surface area contributed by atoms with Crippen LogP contribution < -0.4 is 4.74 Å². The van der Waals surface area contributed by atoms with E-state index < -0.39 is 63.5 Å². The standard InChI is InChI=1S/C28H40ClFO7Si/c1-8-35-22-12-9-17(14-21(22)30)13-18-15-19(10-11-20(18)29)28(34-5)26(33)25(32)24(31)23(37-28)16-36-38(6,7)27(2,3)4/h9-12,14-15,23-26,31-33H,8,13,16H2,1-7H3/t23-,24-,25+,26-,28+/m1/s1/i1D3,8D2. The summed E-state index contributed by atoms with van der Waals surface area (Å²) in [5.41, 5.74) is 1.13. The number of ether oxygens (including phenoxy) is 3. The summed E-state index contributed by atoms with van der Waals surface area (Å²) in [6.45, 7) is 3.97. The van der Waals surface area contributed by atoms with E-state index in [1.165, 1.54) is 19.2 Å². The first-order valence-corrected chi connectivity index (χ1v) is 15.5. The van der Waals surface area contributed by atoms with Crippen molar-refractivity contribution in [1.82, 2.24) is 0 Å². The Hall–Kier alpha value is -1.56. The molecular weight excluding hydrogens is 531 g/mol. The molecule has 1 aliphatic heterocycles. The molecule has 5 atom stereocenters. The van der Waals surface area contributed by atoms with Crippen LogP contribution in [0.3, 0.4) is 0 Å². The fourth-order valence-electron chi connectivity index (χ4n) is 4.10. The maximum absolute atomic E-state index is 14.8. The Morgan fingerprint density at radius 2 is 1.87 bits per heavy atom. The van der Waals surface area contributed by atoms with Crippen LogP contribution in [0.15, 0.2) is 36.4 Å². The van der Waals surface area contributed by atoms with E-state index in [1.54, 1.807) is 12.1 Å². The van der Waals surface area contributed by atoms with Crippen LogP contribution in [0.25, 0.3) is 0 Å². The third-order valence-electron chi connectivity index (χ3n) is 7.49. The zero-order valence-corrected chi connectivity index (χ0v) is 24.2. The zero-order valence-electron chi connectivity index (χ0n) is 27.4. The van der Waals surface area contributed by atoms with E-state index in [2.05, 4.69) is 20.8 Å². The number of rotatable bonds is 9. The summed E-state index contributed by atoms with van der Waals surface area (Å²) in [6, 6.07) is 8.27. The lowest BCUT2D eigenvalue weighted by Crippen LogP contribution is -2.64. The second-order valence-electron chi connectivity index (χ2n) is 11.0. The molecule has 0 aromatic heterocycles. The van der Waals surface area contributed by atoms with Crippen LogP contribution in [0.2, 0.25) is 23.2 Å². The van der Waals surface area contributed by atoms with Gasteiger partial charge in [-0.15, -0.1) is 0 Å². The molecule has 3 rings (SSSR count). The van der Waals surface area contributed by atoms with Gasteiger partial charge in [-0.3, -0.25) is 0 Å². The van der Waals surface area contributed by atoms with Gasteiger partial charge in [0.25, 0.3) is 0 Å². The highest BCUT2D eigenvalue weighted by Gasteiger charge is 2.55. The van der Waals surface area contributed by atoms with Gasteiger partial charge >= 0.3 is 0 Å². The molecule has 0 bridgehead atoms. The molecule has 0 aliphatic carbocycles. The second kappa shape index (κ2) is 11.9. The number of aliphatic hydroxyl groups is 3. The number of aliphatic hydroxyl groups excluding tert-OH is 3. The fourth-order valence-corrected chi connectivity index (χ4v) is 5.30. The summed E-state index contributed by atoms with van der Waals surface area (Å²) >= 11 is 6.46. The van der Waals surface area contributed by atoms with Crippen LogP contribution in [-0.4, -0.2) is 68.3 Å². The molecule has 0 saturated carbocycles. The van der Waals surface area contributed by atoms with Crippen molar-refractivity contribution in [2.45, 2.75) is 82.4 Å². The van der Waals surface area contributed by atoms with Crippen LogP contribution in [-0.2, 0) is 26.1 Å². The maximum Gasteiger partial charge on any atom is 0.224 e. The smallest absolute Gasteiger partial charge is 0.224 e. The van der Waals surface area contributed by atoms with Crippen molar-refractivity contribution in [3.8, 4) is 5.75 Å². The number of halogens is 2. The van der Waals surface area contributed by atoms with Crippen LogP contribution in [0.5, 0.6) is 5.75 Å². The molecule has 0 spiro atoms.